The topological polar surface area (TPSA) is 56.5 Å². The normalized spacial score (nSPS) is 17.8. The van der Waals surface area contributed by atoms with Gasteiger partial charge in [-0.25, -0.2) is 4.79 Å². The predicted octanol–water partition coefficient (Wildman–Crippen LogP) is 1.30. The highest BCUT2D eigenvalue weighted by Crippen LogP contribution is 2.23. The predicted molar refractivity (Wildman–Crippen MR) is 97.1 cm³/mol. The number of hydrogen-bond donors (Lipinski definition) is 0. The lowest BCUT2D eigenvalue weighted by atomic mass is 10.0. The first-order valence-corrected chi connectivity index (χ1v) is 8.62. The second kappa shape index (κ2) is 7.27. The molecule has 1 fully saturated rings. The number of rotatable bonds is 5. The fraction of sp³-hybridized carbons (Fsp3) is 0.474. The highest BCUT2D eigenvalue weighted by atomic mass is 16.5. The smallest absolute Gasteiger partial charge is 0.330 e. The molecule has 6 nitrogen and oxygen atoms in total. The Kier molecular flexibility index (Phi) is 5.08. The number of likely N-dealkylation sites (tertiary alicyclic amines) is 1. The molecular weight excluding hydrogens is 318 g/mol. The van der Waals surface area contributed by atoms with Gasteiger partial charge < -0.3 is 4.74 Å². The Hall–Kier alpha value is -2.34. The fourth-order valence-electron chi connectivity index (χ4n) is 3.51. The maximum Gasteiger partial charge on any atom is 0.330 e. The average molecular weight is 343 g/mol. The van der Waals surface area contributed by atoms with Crippen molar-refractivity contribution in [2.45, 2.75) is 31.8 Å². The van der Waals surface area contributed by atoms with Gasteiger partial charge >= 0.3 is 5.69 Å². The molecular formula is C19H25N3O3. The minimum absolute atomic E-state index is 0.246. The Labute approximate surface area is 147 Å². The van der Waals surface area contributed by atoms with Crippen molar-refractivity contribution in [2.24, 2.45) is 14.1 Å². The third kappa shape index (κ3) is 3.69. The van der Waals surface area contributed by atoms with Crippen molar-refractivity contribution in [2.75, 3.05) is 13.7 Å². The first-order chi connectivity index (χ1) is 12.0. The number of benzene rings is 1. The molecule has 0 amide bonds. The number of aromatic nitrogens is 2. The van der Waals surface area contributed by atoms with Gasteiger partial charge in [-0.05, 0) is 43.5 Å². The monoisotopic (exact) mass is 343 g/mol. The molecule has 0 aliphatic carbocycles. The standard InChI is InChI=1S/C19H25N3O3/c1-20-16(12-18(23)21(2)19(20)24)13-22-10-4-5-15(22)11-14-6-8-17(25-3)9-7-14/h6-9,12,15H,4-5,10-11,13H2,1-3H3. The maximum atomic E-state index is 12.1. The van der Waals surface area contributed by atoms with Crippen molar-refractivity contribution in [1.82, 2.24) is 14.0 Å². The van der Waals surface area contributed by atoms with Crippen LogP contribution in [0.5, 0.6) is 5.75 Å². The summed E-state index contributed by atoms with van der Waals surface area (Å²) in [7, 11) is 4.91. The van der Waals surface area contributed by atoms with Crippen LogP contribution in [-0.2, 0) is 27.1 Å². The van der Waals surface area contributed by atoms with E-state index in [1.807, 2.05) is 12.1 Å². The molecule has 2 heterocycles. The number of nitrogens with zero attached hydrogens (tertiary/aromatic N) is 3. The first-order valence-electron chi connectivity index (χ1n) is 8.62. The minimum atomic E-state index is -0.270. The molecule has 1 aromatic carbocycles. The Morgan fingerprint density at radius 3 is 2.52 bits per heavy atom. The molecule has 2 aromatic rings. The Morgan fingerprint density at radius 1 is 1.12 bits per heavy atom. The molecule has 0 saturated carbocycles. The van der Waals surface area contributed by atoms with Crippen molar-refractivity contribution in [3.63, 3.8) is 0 Å². The molecule has 1 aliphatic heterocycles. The average Bonchev–Trinajstić information content (AvgIpc) is 3.05. The first kappa shape index (κ1) is 17.5. The zero-order valence-electron chi connectivity index (χ0n) is 15.1. The van der Waals surface area contributed by atoms with Gasteiger partial charge in [-0.1, -0.05) is 12.1 Å². The number of methoxy groups -OCH3 is 1. The largest absolute Gasteiger partial charge is 0.497 e. The van der Waals surface area contributed by atoms with Crippen LogP contribution < -0.4 is 16.0 Å². The molecule has 1 atom stereocenters. The molecule has 25 heavy (non-hydrogen) atoms. The van der Waals surface area contributed by atoms with Crippen LogP contribution in [0, 0.1) is 0 Å². The van der Waals surface area contributed by atoms with Crippen molar-refractivity contribution < 1.29 is 4.74 Å². The Bertz CT molecular complexity index is 852. The van der Waals surface area contributed by atoms with Crippen LogP contribution in [0.2, 0.25) is 0 Å². The van der Waals surface area contributed by atoms with E-state index in [1.54, 1.807) is 24.8 Å². The van der Waals surface area contributed by atoms with E-state index in [-0.39, 0.29) is 11.2 Å². The summed E-state index contributed by atoms with van der Waals surface area (Å²) >= 11 is 0. The van der Waals surface area contributed by atoms with Gasteiger partial charge in [0, 0.05) is 38.4 Å². The molecule has 6 heteroatoms. The molecule has 1 aliphatic rings. The molecule has 1 aromatic heterocycles. The van der Waals surface area contributed by atoms with E-state index >= 15 is 0 Å². The van der Waals surface area contributed by atoms with E-state index in [0.29, 0.717) is 12.6 Å². The second-order valence-electron chi connectivity index (χ2n) is 6.69. The van der Waals surface area contributed by atoms with Crippen LogP contribution in [0.1, 0.15) is 24.1 Å². The summed E-state index contributed by atoms with van der Waals surface area (Å²) in [6.07, 6.45) is 3.23. The Balaban J connectivity index is 1.76. The van der Waals surface area contributed by atoms with E-state index in [4.69, 9.17) is 4.74 Å². The van der Waals surface area contributed by atoms with E-state index in [1.165, 1.54) is 12.6 Å². The van der Waals surface area contributed by atoms with Crippen molar-refractivity contribution >= 4 is 0 Å². The van der Waals surface area contributed by atoms with Crippen LogP contribution in [0.4, 0.5) is 0 Å². The summed E-state index contributed by atoms with van der Waals surface area (Å²) in [6, 6.07) is 10.2. The fourth-order valence-corrected chi connectivity index (χ4v) is 3.51. The zero-order valence-corrected chi connectivity index (χ0v) is 15.1. The Morgan fingerprint density at radius 2 is 1.84 bits per heavy atom. The van der Waals surface area contributed by atoms with Gasteiger partial charge in [0.05, 0.1) is 7.11 Å². The molecule has 1 saturated heterocycles. The molecule has 3 rings (SSSR count). The SMILES string of the molecule is COc1ccc(CC2CCCN2Cc2cc(=O)n(C)c(=O)n2C)cc1. The second-order valence-corrected chi connectivity index (χ2v) is 6.69. The summed E-state index contributed by atoms with van der Waals surface area (Å²) in [5.74, 6) is 0.863. The number of hydrogen-bond acceptors (Lipinski definition) is 4. The summed E-state index contributed by atoms with van der Waals surface area (Å²) in [5.41, 5.74) is 1.53. The molecule has 0 bridgehead atoms. The third-order valence-electron chi connectivity index (χ3n) is 5.12. The lowest BCUT2D eigenvalue weighted by Gasteiger charge is -2.25. The lowest BCUT2D eigenvalue weighted by molar-refractivity contribution is 0.237. The molecule has 0 spiro atoms. The van der Waals surface area contributed by atoms with Crippen LogP contribution in [-0.4, -0.2) is 33.7 Å². The lowest BCUT2D eigenvalue weighted by Crippen LogP contribution is -2.40. The quantitative estimate of drug-likeness (QED) is 0.821. The zero-order chi connectivity index (χ0) is 18.0. The molecule has 0 radical (unpaired) electrons. The van der Waals surface area contributed by atoms with Gasteiger partial charge in [0.1, 0.15) is 5.75 Å². The maximum absolute atomic E-state index is 12.1. The van der Waals surface area contributed by atoms with Crippen molar-refractivity contribution in [1.29, 1.82) is 0 Å². The molecule has 0 N–H and O–H groups in total. The van der Waals surface area contributed by atoms with E-state index in [2.05, 4.69) is 17.0 Å². The van der Waals surface area contributed by atoms with Gasteiger partial charge in [-0.2, -0.15) is 0 Å². The van der Waals surface area contributed by atoms with Gasteiger partial charge in [-0.3, -0.25) is 18.8 Å². The van der Waals surface area contributed by atoms with Crippen LogP contribution >= 0.6 is 0 Å². The van der Waals surface area contributed by atoms with Crippen molar-refractivity contribution in [3.05, 3.63) is 62.4 Å². The summed E-state index contributed by atoms with van der Waals surface area (Å²) < 4.78 is 7.92. The van der Waals surface area contributed by atoms with Gasteiger partial charge in [0.25, 0.3) is 5.56 Å². The van der Waals surface area contributed by atoms with E-state index < -0.39 is 0 Å². The summed E-state index contributed by atoms with van der Waals surface area (Å²) in [4.78, 5) is 26.4. The van der Waals surface area contributed by atoms with Gasteiger partial charge in [-0.15, -0.1) is 0 Å². The van der Waals surface area contributed by atoms with Gasteiger partial charge in [0.2, 0.25) is 0 Å². The highest BCUT2D eigenvalue weighted by molar-refractivity contribution is 5.27. The summed E-state index contributed by atoms with van der Waals surface area (Å²) in [6.45, 7) is 1.62. The van der Waals surface area contributed by atoms with E-state index in [9.17, 15) is 9.59 Å². The third-order valence-corrected chi connectivity index (χ3v) is 5.12. The molecule has 134 valence electrons. The number of ether oxygens (including phenoxy) is 1. The van der Waals surface area contributed by atoms with E-state index in [0.717, 1.165) is 41.8 Å². The van der Waals surface area contributed by atoms with Crippen LogP contribution in [0.25, 0.3) is 0 Å². The van der Waals surface area contributed by atoms with Crippen LogP contribution in [0.15, 0.2) is 39.9 Å². The van der Waals surface area contributed by atoms with Crippen molar-refractivity contribution in [3.8, 4) is 5.75 Å². The summed E-state index contributed by atoms with van der Waals surface area (Å²) in [5, 5.41) is 0. The van der Waals surface area contributed by atoms with Gasteiger partial charge in [0.15, 0.2) is 0 Å². The van der Waals surface area contributed by atoms with Crippen LogP contribution in [0.3, 0.4) is 0 Å². The highest BCUT2D eigenvalue weighted by Gasteiger charge is 2.25. The minimum Gasteiger partial charge on any atom is -0.497 e. The molecule has 1 unspecified atom stereocenters.